The van der Waals surface area contributed by atoms with Gasteiger partial charge in [0.05, 0.1) is 0 Å². The van der Waals surface area contributed by atoms with Crippen molar-refractivity contribution in [3.05, 3.63) is 12.2 Å². The summed E-state index contributed by atoms with van der Waals surface area (Å²) in [6.45, 7) is 6.96. The van der Waals surface area contributed by atoms with E-state index in [-0.39, 0.29) is 24.0 Å². The highest BCUT2D eigenvalue weighted by atomic mass is 79.9. The van der Waals surface area contributed by atoms with Gasteiger partial charge in [-0.1, -0.05) is 29.4 Å². The van der Waals surface area contributed by atoms with E-state index in [1.165, 1.54) is 0 Å². The predicted octanol–water partition coefficient (Wildman–Crippen LogP) is 1.82. The summed E-state index contributed by atoms with van der Waals surface area (Å²) >= 11 is 3.15. The van der Waals surface area contributed by atoms with Gasteiger partial charge >= 0.3 is 11.9 Å². The molecule has 0 aromatic rings. The van der Waals surface area contributed by atoms with Crippen molar-refractivity contribution in [2.24, 2.45) is 0 Å². The van der Waals surface area contributed by atoms with Crippen molar-refractivity contribution < 1.29 is 19.1 Å². The average molecular weight is 279 g/mol. The Morgan fingerprint density at radius 2 is 1.87 bits per heavy atom. The van der Waals surface area contributed by atoms with E-state index < -0.39 is 5.97 Å². The Kier molecular flexibility index (Phi) is 7.03. The van der Waals surface area contributed by atoms with E-state index in [0.717, 1.165) is 0 Å². The van der Waals surface area contributed by atoms with Crippen LogP contribution in [0.25, 0.3) is 0 Å². The fourth-order valence-corrected chi connectivity index (χ4v) is 0.789. The fraction of sp³-hybridized carbons (Fsp3) is 0.600. The molecule has 0 saturated carbocycles. The third kappa shape index (κ3) is 6.28. The van der Waals surface area contributed by atoms with Crippen LogP contribution in [-0.4, -0.2) is 30.0 Å². The Hall–Kier alpha value is -0.840. The highest BCUT2D eigenvalue weighted by Gasteiger charge is 2.13. The number of hydrogen-bond acceptors (Lipinski definition) is 4. The molecule has 0 aliphatic rings. The van der Waals surface area contributed by atoms with Crippen molar-refractivity contribution in [3.8, 4) is 0 Å². The van der Waals surface area contributed by atoms with Crippen molar-refractivity contribution in [2.45, 2.75) is 25.1 Å². The maximum absolute atomic E-state index is 11.1. The quantitative estimate of drug-likeness (QED) is 0.322. The molecule has 4 nitrogen and oxygen atoms in total. The Morgan fingerprint density at radius 1 is 1.33 bits per heavy atom. The smallest absolute Gasteiger partial charge is 0.333 e. The van der Waals surface area contributed by atoms with Crippen molar-refractivity contribution >= 4 is 27.9 Å². The molecule has 0 amide bonds. The van der Waals surface area contributed by atoms with Gasteiger partial charge in [0, 0.05) is 5.57 Å². The molecule has 1 unspecified atom stereocenters. The molecule has 0 aromatic carbocycles. The van der Waals surface area contributed by atoms with Gasteiger partial charge in [0.15, 0.2) is 0 Å². The molecule has 15 heavy (non-hydrogen) atoms. The number of carbonyl (C=O) groups is 2. The molecular formula is C10H15BrO4. The normalized spacial score (nSPS) is 11.7. The van der Waals surface area contributed by atoms with Crippen LogP contribution >= 0.6 is 15.9 Å². The van der Waals surface area contributed by atoms with Gasteiger partial charge in [0.25, 0.3) is 0 Å². The number of esters is 2. The molecule has 0 spiro atoms. The van der Waals surface area contributed by atoms with Gasteiger partial charge in [-0.15, -0.1) is 0 Å². The zero-order valence-electron chi connectivity index (χ0n) is 8.92. The van der Waals surface area contributed by atoms with Gasteiger partial charge in [0.2, 0.25) is 0 Å². The minimum Gasteiger partial charge on any atom is -0.461 e. The van der Waals surface area contributed by atoms with Crippen molar-refractivity contribution in [1.82, 2.24) is 0 Å². The molecule has 0 N–H and O–H groups in total. The molecular weight excluding hydrogens is 264 g/mol. The van der Waals surface area contributed by atoms with Gasteiger partial charge in [-0.2, -0.15) is 0 Å². The first-order chi connectivity index (χ1) is 6.99. The Labute approximate surface area is 97.8 Å². The van der Waals surface area contributed by atoms with Gasteiger partial charge in [-0.3, -0.25) is 4.79 Å². The maximum atomic E-state index is 11.1. The molecule has 0 rings (SSSR count). The van der Waals surface area contributed by atoms with E-state index in [2.05, 4.69) is 22.5 Å². The highest BCUT2D eigenvalue weighted by Crippen LogP contribution is 2.06. The second-order valence-corrected chi connectivity index (χ2v) is 4.06. The summed E-state index contributed by atoms with van der Waals surface area (Å²) in [5.41, 5.74) is 0.327. The van der Waals surface area contributed by atoms with E-state index >= 15 is 0 Å². The summed E-state index contributed by atoms with van der Waals surface area (Å²) in [5, 5.41) is 0. The lowest BCUT2D eigenvalue weighted by molar-refractivity contribution is -0.149. The van der Waals surface area contributed by atoms with Crippen LogP contribution in [0.4, 0.5) is 0 Å². The second-order valence-electron chi connectivity index (χ2n) is 2.96. The topological polar surface area (TPSA) is 52.6 Å². The maximum Gasteiger partial charge on any atom is 0.333 e. The number of halogens is 1. The van der Waals surface area contributed by atoms with E-state index in [9.17, 15) is 9.59 Å². The summed E-state index contributed by atoms with van der Waals surface area (Å²) in [7, 11) is 0. The summed E-state index contributed by atoms with van der Waals surface area (Å²) in [4.78, 5) is 21.7. The number of hydrogen-bond donors (Lipinski definition) is 0. The highest BCUT2D eigenvalue weighted by molar-refractivity contribution is 9.10. The number of carbonyl (C=O) groups excluding carboxylic acids is 2. The molecule has 1 atom stereocenters. The van der Waals surface area contributed by atoms with Crippen LogP contribution in [0, 0.1) is 0 Å². The first-order valence-electron chi connectivity index (χ1n) is 4.62. The van der Waals surface area contributed by atoms with Crippen LogP contribution < -0.4 is 0 Å². The number of rotatable bonds is 6. The molecule has 0 radical (unpaired) electrons. The number of alkyl halides is 1. The van der Waals surface area contributed by atoms with Gasteiger partial charge in [-0.25, -0.2) is 4.79 Å². The largest absolute Gasteiger partial charge is 0.461 e. The molecule has 0 aromatic heterocycles. The summed E-state index contributed by atoms with van der Waals surface area (Å²) in [6.07, 6.45) is 0.657. The van der Waals surface area contributed by atoms with Crippen molar-refractivity contribution in [1.29, 1.82) is 0 Å². The predicted molar refractivity (Wildman–Crippen MR) is 59.7 cm³/mol. The Balaban J connectivity index is 3.59. The molecule has 0 heterocycles. The SMILES string of the molecule is C=C(C)C(=O)OCCOC(=O)C(Br)CC. The average Bonchev–Trinajstić information content (AvgIpc) is 2.22. The van der Waals surface area contributed by atoms with Gasteiger partial charge < -0.3 is 9.47 Å². The zero-order valence-corrected chi connectivity index (χ0v) is 10.5. The molecule has 0 bridgehead atoms. The van der Waals surface area contributed by atoms with Gasteiger partial charge in [-0.05, 0) is 13.3 Å². The number of ether oxygens (including phenoxy) is 2. The molecule has 0 fully saturated rings. The Bertz CT molecular complexity index is 250. The van der Waals surface area contributed by atoms with E-state index in [1.807, 2.05) is 6.92 Å². The first kappa shape index (κ1) is 14.2. The monoisotopic (exact) mass is 278 g/mol. The third-order valence-electron chi connectivity index (χ3n) is 1.52. The lowest BCUT2D eigenvalue weighted by Gasteiger charge is -2.08. The van der Waals surface area contributed by atoms with Crippen LogP contribution in [0.5, 0.6) is 0 Å². The molecule has 0 saturated heterocycles. The summed E-state index contributed by atoms with van der Waals surface area (Å²) in [5.74, 6) is -0.819. The standard InChI is InChI=1S/C10H15BrO4/c1-4-8(11)10(13)15-6-5-14-9(12)7(2)3/h8H,2,4-6H2,1,3H3. The van der Waals surface area contributed by atoms with Crippen molar-refractivity contribution in [2.75, 3.05) is 13.2 Å². The Morgan fingerprint density at radius 3 is 2.33 bits per heavy atom. The van der Waals surface area contributed by atoms with Gasteiger partial charge in [0.1, 0.15) is 18.0 Å². The van der Waals surface area contributed by atoms with E-state index in [4.69, 9.17) is 9.47 Å². The minimum atomic E-state index is -0.475. The minimum absolute atomic E-state index is 0.0564. The molecule has 86 valence electrons. The fourth-order valence-electron chi connectivity index (χ4n) is 0.657. The van der Waals surface area contributed by atoms with Crippen molar-refractivity contribution in [3.63, 3.8) is 0 Å². The van der Waals surface area contributed by atoms with Crippen LogP contribution in [0.3, 0.4) is 0 Å². The molecule has 0 aliphatic heterocycles. The molecule has 5 heteroatoms. The van der Waals surface area contributed by atoms with Crippen LogP contribution in [0.1, 0.15) is 20.3 Å². The zero-order chi connectivity index (χ0) is 11.8. The van der Waals surface area contributed by atoms with E-state index in [1.54, 1.807) is 6.92 Å². The second kappa shape index (κ2) is 7.45. The summed E-state index contributed by atoms with van der Waals surface area (Å²) < 4.78 is 9.57. The van der Waals surface area contributed by atoms with Crippen LogP contribution in [-0.2, 0) is 19.1 Å². The third-order valence-corrected chi connectivity index (χ3v) is 2.54. The van der Waals surface area contributed by atoms with Crippen LogP contribution in [0.15, 0.2) is 12.2 Å². The molecule has 0 aliphatic carbocycles. The van der Waals surface area contributed by atoms with E-state index in [0.29, 0.717) is 12.0 Å². The van der Waals surface area contributed by atoms with Crippen LogP contribution in [0.2, 0.25) is 0 Å². The lowest BCUT2D eigenvalue weighted by Crippen LogP contribution is -2.20. The summed E-state index contributed by atoms with van der Waals surface area (Å²) in [6, 6.07) is 0. The lowest BCUT2D eigenvalue weighted by atomic mass is 10.3. The first-order valence-corrected chi connectivity index (χ1v) is 5.54.